The number of rotatable bonds is 3. The fourth-order valence-corrected chi connectivity index (χ4v) is 2.34. The Bertz CT molecular complexity index is 557. The third-order valence-corrected chi connectivity index (χ3v) is 3.42. The number of amides is 2. The summed E-state index contributed by atoms with van der Waals surface area (Å²) in [6.45, 7) is 2.16. The van der Waals surface area contributed by atoms with Crippen molar-refractivity contribution in [2.75, 3.05) is 11.9 Å². The van der Waals surface area contributed by atoms with Gasteiger partial charge < -0.3 is 4.90 Å². The first-order valence-electron chi connectivity index (χ1n) is 6.93. The number of aromatic amines is 1. The molecule has 1 aromatic rings. The SMILES string of the molecule is CCC(=O)N1CCCC[C@H]1C(=O)Nc1n[nH]c(C(F)(F)F)n1. The predicted octanol–water partition coefficient (Wildman–Crippen LogP) is 1.55. The number of carbonyl (C=O) groups excluding carboxylic acids is 2. The molecule has 0 bridgehead atoms. The van der Waals surface area contributed by atoms with E-state index in [2.05, 4.69) is 15.4 Å². The van der Waals surface area contributed by atoms with E-state index in [9.17, 15) is 22.8 Å². The largest absolute Gasteiger partial charge is 0.451 e. The predicted molar refractivity (Wildman–Crippen MR) is 69.7 cm³/mol. The van der Waals surface area contributed by atoms with E-state index in [-0.39, 0.29) is 12.3 Å². The summed E-state index contributed by atoms with van der Waals surface area (Å²) in [6, 6.07) is -0.700. The van der Waals surface area contributed by atoms with Gasteiger partial charge in [-0.1, -0.05) is 6.92 Å². The van der Waals surface area contributed by atoms with Crippen LogP contribution in [0.3, 0.4) is 0 Å². The van der Waals surface area contributed by atoms with E-state index in [4.69, 9.17) is 0 Å². The van der Waals surface area contributed by atoms with Crippen LogP contribution in [0.5, 0.6) is 0 Å². The lowest BCUT2D eigenvalue weighted by Crippen LogP contribution is -2.49. The van der Waals surface area contributed by atoms with E-state index in [1.54, 1.807) is 12.0 Å². The fraction of sp³-hybridized carbons (Fsp3) is 0.667. The number of likely N-dealkylation sites (tertiary alicyclic amines) is 1. The Morgan fingerprint density at radius 1 is 1.41 bits per heavy atom. The van der Waals surface area contributed by atoms with Gasteiger partial charge in [0.25, 0.3) is 0 Å². The van der Waals surface area contributed by atoms with Crippen molar-refractivity contribution >= 4 is 17.8 Å². The van der Waals surface area contributed by atoms with Crippen molar-refractivity contribution in [3.8, 4) is 0 Å². The molecule has 2 heterocycles. The Hall–Kier alpha value is -2.13. The summed E-state index contributed by atoms with van der Waals surface area (Å²) in [5.41, 5.74) is 0. The topological polar surface area (TPSA) is 91.0 Å². The Kier molecular flexibility index (Phi) is 4.67. The molecular formula is C12H16F3N5O2. The lowest BCUT2D eigenvalue weighted by Gasteiger charge is -2.34. The molecule has 2 rings (SSSR count). The first-order chi connectivity index (χ1) is 10.3. The van der Waals surface area contributed by atoms with E-state index in [0.29, 0.717) is 13.0 Å². The number of alkyl halides is 3. The normalized spacial score (nSPS) is 19.1. The number of carbonyl (C=O) groups is 2. The van der Waals surface area contributed by atoms with E-state index < -0.39 is 29.9 Å². The van der Waals surface area contributed by atoms with Crippen LogP contribution in [0.15, 0.2) is 0 Å². The summed E-state index contributed by atoms with van der Waals surface area (Å²) in [5, 5.41) is 7.26. The van der Waals surface area contributed by atoms with Gasteiger partial charge in [-0.3, -0.25) is 20.0 Å². The van der Waals surface area contributed by atoms with Gasteiger partial charge in [0, 0.05) is 13.0 Å². The van der Waals surface area contributed by atoms with E-state index in [0.717, 1.165) is 12.8 Å². The van der Waals surface area contributed by atoms with Crippen molar-refractivity contribution in [1.29, 1.82) is 0 Å². The van der Waals surface area contributed by atoms with Crippen molar-refractivity contribution in [1.82, 2.24) is 20.1 Å². The molecule has 1 fully saturated rings. The molecule has 0 saturated carbocycles. The lowest BCUT2D eigenvalue weighted by molar-refractivity contribution is -0.144. The van der Waals surface area contributed by atoms with E-state index in [1.165, 1.54) is 4.90 Å². The molecule has 0 spiro atoms. The molecule has 2 N–H and O–H groups in total. The number of H-pyrrole nitrogens is 1. The quantitative estimate of drug-likeness (QED) is 0.884. The number of nitrogens with one attached hydrogen (secondary N) is 2. The average Bonchev–Trinajstić information content (AvgIpc) is 2.95. The number of piperidine rings is 1. The van der Waals surface area contributed by atoms with Crippen molar-refractivity contribution in [3.05, 3.63) is 5.82 Å². The van der Waals surface area contributed by atoms with Crippen molar-refractivity contribution < 1.29 is 22.8 Å². The molecule has 2 amide bonds. The Morgan fingerprint density at radius 3 is 2.73 bits per heavy atom. The van der Waals surface area contributed by atoms with Gasteiger partial charge in [-0.05, 0) is 19.3 Å². The Labute approximate surface area is 124 Å². The smallest absolute Gasteiger partial charge is 0.331 e. The molecule has 0 aliphatic carbocycles. The summed E-state index contributed by atoms with van der Waals surface area (Å²) < 4.78 is 37.2. The van der Waals surface area contributed by atoms with Crippen LogP contribution in [-0.2, 0) is 15.8 Å². The molecule has 10 heteroatoms. The maximum Gasteiger partial charge on any atom is 0.451 e. The first kappa shape index (κ1) is 16.2. The second-order valence-corrected chi connectivity index (χ2v) is 4.95. The summed E-state index contributed by atoms with van der Waals surface area (Å²) in [5.74, 6) is -2.47. The number of hydrogen-bond acceptors (Lipinski definition) is 4. The lowest BCUT2D eigenvalue weighted by atomic mass is 10.0. The molecule has 0 unspecified atom stereocenters. The second kappa shape index (κ2) is 6.32. The van der Waals surface area contributed by atoms with Crippen LogP contribution in [0, 0.1) is 0 Å². The van der Waals surface area contributed by atoms with Gasteiger partial charge >= 0.3 is 6.18 Å². The van der Waals surface area contributed by atoms with Gasteiger partial charge in [-0.25, -0.2) is 0 Å². The van der Waals surface area contributed by atoms with Crippen molar-refractivity contribution in [2.24, 2.45) is 0 Å². The minimum Gasteiger partial charge on any atom is -0.331 e. The summed E-state index contributed by atoms with van der Waals surface area (Å²) >= 11 is 0. The van der Waals surface area contributed by atoms with Gasteiger partial charge in [-0.15, -0.1) is 5.10 Å². The van der Waals surface area contributed by atoms with Crippen LogP contribution in [-0.4, -0.2) is 44.5 Å². The number of aromatic nitrogens is 3. The highest BCUT2D eigenvalue weighted by Gasteiger charge is 2.36. The molecule has 1 atom stereocenters. The van der Waals surface area contributed by atoms with Gasteiger partial charge in [0.1, 0.15) is 6.04 Å². The van der Waals surface area contributed by atoms with Crippen molar-refractivity contribution in [3.63, 3.8) is 0 Å². The average molecular weight is 319 g/mol. The molecule has 1 saturated heterocycles. The van der Waals surface area contributed by atoms with Crippen molar-refractivity contribution in [2.45, 2.75) is 44.8 Å². The Morgan fingerprint density at radius 2 is 2.14 bits per heavy atom. The van der Waals surface area contributed by atoms with Crippen LogP contribution in [0.25, 0.3) is 0 Å². The van der Waals surface area contributed by atoms with Gasteiger partial charge in [0.05, 0.1) is 0 Å². The highest BCUT2D eigenvalue weighted by molar-refractivity contribution is 5.96. The third kappa shape index (κ3) is 3.55. The second-order valence-electron chi connectivity index (χ2n) is 4.95. The molecule has 7 nitrogen and oxygen atoms in total. The molecule has 1 aromatic heterocycles. The fourth-order valence-electron chi connectivity index (χ4n) is 2.34. The van der Waals surface area contributed by atoms with Crippen LogP contribution in [0.4, 0.5) is 19.1 Å². The zero-order valence-corrected chi connectivity index (χ0v) is 11.9. The minimum atomic E-state index is -4.66. The van der Waals surface area contributed by atoms with Gasteiger partial charge in [-0.2, -0.15) is 18.2 Å². The standard InChI is InChI=1S/C12H16F3N5O2/c1-2-8(21)20-6-4-3-5-7(20)9(22)16-11-17-10(18-19-11)12(13,14)15/h7H,2-6H2,1H3,(H2,16,17,18,19,22)/t7-/m0/s1. The maximum absolute atomic E-state index is 12.4. The molecule has 0 aromatic carbocycles. The van der Waals surface area contributed by atoms with E-state index in [1.807, 2.05) is 0 Å². The van der Waals surface area contributed by atoms with Crippen LogP contribution in [0.1, 0.15) is 38.4 Å². The van der Waals surface area contributed by atoms with Crippen LogP contribution < -0.4 is 5.32 Å². The number of nitrogens with zero attached hydrogens (tertiary/aromatic N) is 3. The number of halogens is 3. The van der Waals surface area contributed by atoms with E-state index >= 15 is 0 Å². The monoisotopic (exact) mass is 319 g/mol. The highest BCUT2D eigenvalue weighted by atomic mass is 19.4. The molecule has 1 aliphatic rings. The summed E-state index contributed by atoms with van der Waals surface area (Å²) in [7, 11) is 0. The summed E-state index contributed by atoms with van der Waals surface area (Å²) in [6.07, 6.45) is -2.36. The maximum atomic E-state index is 12.4. The molecular weight excluding hydrogens is 303 g/mol. The van der Waals surface area contributed by atoms with Gasteiger partial charge in [0.15, 0.2) is 0 Å². The number of hydrogen-bond donors (Lipinski definition) is 2. The number of anilines is 1. The first-order valence-corrected chi connectivity index (χ1v) is 6.93. The molecule has 1 aliphatic heterocycles. The Balaban J connectivity index is 2.07. The molecule has 22 heavy (non-hydrogen) atoms. The van der Waals surface area contributed by atoms with Gasteiger partial charge in [0.2, 0.25) is 23.6 Å². The molecule has 0 radical (unpaired) electrons. The van der Waals surface area contributed by atoms with Crippen LogP contribution in [0.2, 0.25) is 0 Å². The third-order valence-electron chi connectivity index (χ3n) is 3.42. The summed E-state index contributed by atoms with van der Waals surface area (Å²) in [4.78, 5) is 28.6. The zero-order valence-electron chi connectivity index (χ0n) is 11.9. The van der Waals surface area contributed by atoms with Crippen LogP contribution >= 0.6 is 0 Å². The highest BCUT2D eigenvalue weighted by Crippen LogP contribution is 2.26. The molecule has 122 valence electrons. The minimum absolute atomic E-state index is 0.161. The zero-order chi connectivity index (χ0) is 16.3.